The van der Waals surface area contributed by atoms with Gasteiger partial charge in [-0.1, -0.05) is 12.1 Å². The molecule has 1 atom stereocenters. The van der Waals surface area contributed by atoms with E-state index in [1.54, 1.807) is 0 Å². The number of piperidine rings is 1. The molecule has 0 radical (unpaired) electrons. The van der Waals surface area contributed by atoms with E-state index < -0.39 is 0 Å². The van der Waals surface area contributed by atoms with Gasteiger partial charge in [0.15, 0.2) is 0 Å². The molecule has 1 aromatic rings. The van der Waals surface area contributed by atoms with Gasteiger partial charge in [0.05, 0.1) is 0 Å². The van der Waals surface area contributed by atoms with Gasteiger partial charge in [-0.3, -0.25) is 4.79 Å². The minimum absolute atomic E-state index is 0.177. The fourth-order valence-electron chi connectivity index (χ4n) is 2.88. The molecule has 1 aliphatic rings. The predicted octanol–water partition coefficient (Wildman–Crippen LogP) is 2.35. The number of carbonyl (C=O) groups is 1. The summed E-state index contributed by atoms with van der Waals surface area (Å²) in [6.45, 7) is 2.90. The molecule has 4 heteroatoms. The smallest absolute Gasteiger partial charge is 0.218 e. The van der Waals surface area contributed by atoms with Crippen LogP contribution in [0.4, 0.5) is 4.39 Å². The number of carbonyl (C=O) groups excluding carboxylic acids is 1. The van der Waals surface area contributed by atoms with E-state index in [0.29, 0.717) is 12.3 Å². The quantitative estimate of drug-likeness (QED) is 0.868. The summed E-state index contributed by atoms with van der Waals surface area (Å²) < 4.78 is 12.8. The monoisotopic (exact) mass is 278 g/mol. The first-order chi connectivity index (χ1) is 9.63. The maximum absolute atomic E-state index is 12.8. The summed E-state index contributed by atoms with van der Waals surface area (Å²) in [6.07, 6.45) is 5.00. The van der Waals surface area contributed by atoms with E-state index in [1.165, 1.54) is 30.5 Å². The van der Waals surface area contributed by atoms with Gasteiger partial charge in [-0.15, -0.1) is 0 Å². The first-order valence-corrected chi connectivity index (χ1v) is 7.38. The van der Waals surface area contributed by atoms with Crippen molar-refractivity contribution in [1.29, 1.82) is 0 Å². The molecule has 1 heterocycles. The van der Waals surface area contributed by atoms with Crippen LogP contribution in [0.1, 0.15) is 31.2 Å². The van der Waals surface area contributed by atoms with Crippen molar-refractivity contribution in [3.8, 4) is 0 Å². The Balaban J connectivity index is 1.75. The third-order valence-corrected chi connectivity index (χ3v) is 4.03. The summed E-state index contributed by atoms with van der Waals surface area (Å²) >= 11 is 0. The van der Waals surface area contributed by atoms with Gasteiger partial charge in [0.2, 0.25) is 5.91 Å². The first-order valence-electron chi connectivity index (χ1n) is 7.38. The topological polar surface area (TPSA) is 46.3 Å². The number of nitrogens with two attached hydrogens (primary N) is 1. The Bertz CT molecular complexity index is 433. The third kappa shape index (κ3) is 4.93. The minimum atomic E-state index is -0.224. The van der Waals surface area contributed by atoms with Crippen molar-refractivity contribution in [2.75, 3.05) is 19.6 Å². The van der Waals surface area contributed by atoms with Crippen LogP contribution in [0.25, 0.3) is 0 Å². The maximum atomic E-state index is 12.8. The van der Waals surface area contributed by atoms with Crippen LogP contribution < -0.4 is 5.73 Å². The Morgan fingerprint density at radius 2 is 2.10 bits per heavy atom. The molecule has 1 fully saturated rings. The van der Waals surface area contributed by atoms with Gasteiger partial charge in [-0.25, -0.2) is 4.39 Å². The van der Waals surface area contributed by atoms with Crippen molar-refractivity contribution >= 4 is 5.91 Å². The number of aryl methyl sites for hydroxylation is 1. The molecule has 20 heavy (non-hydrogen) atoms. The standard InChI is InChI=1S/C16H23FN2O/c17-15-7-5-13(6-8-15)3-4-14-2-1-10-19(12-14)11-9-16(18)20/h5-8,14H,1-4,9-12H2,(H2,18,20)/t14-/m0/s1. The highest BCUT2D eigenvalue weighted by Crippen LogP contribution is 2.21. The van der Waals surface area contributed by atoms with Crippen molar-refractivity contribution in [2.45, 2.75) is 32.1 Å². The zero-order chi connectivity index (χ0) is 14.4. The molecule has 1 saturated heterocycles. The second-order valence-electron chi connectivity index (χ2n) is 5.69. The molecule has 2 N–H and O–H groups in total. The van der Waals surface area contributed by atoms with Gasteiger partial charge >= 0.3 is 0 Å². The number of hydrogen-bond acceptors (Lipinski definition) is 2. The molecule has 110 valence electrons. The number of benzene rings is 1. The molecule has 3 nitrogen and oxygen atoms in total. The lowest BCUT2D eigenvalue weighted by Crippen LogP contribution is -2.37. The lowest BCUT2D eigenvalue weighted by molar-refractivity contribution is -0.118. The molecule has 0 saturated carbocycles. The number of likely N-dealkylation sites (tertiary alicyclic amines) is 1. The lowest BCUT2D eigenvalue weighted by Gasteiger charge is -2.32. The summed E-state index contributed by atoms with van der Waals surface area (Å²) in [5.74, 6) is 0.268. The van der Waals surface area contributed by atoms with Crippen LogP contribution in [0.2, 0.25) is 0 Å². The number of rotatable bonds is 6. The number of amides is 1. The van der Waals surface area contributed by atoms with Crippen LogP contribution in [-0.4, -0.2) is 30.4 Å². The zero-order valence-corrected chi connectivity index (χ0v) is 11.9. The number of primary amides is 1. The van der Waals surface area contributed by atoms with Gasteiger partial charge in [-0.05, 0) is 55.8 Å². The summed E-state index contributed by atoms with van der Waals surface area (Å²) in [6, 6.07) is 6.77. The molecule has 1 amide bonds. The molecule has 0 aromatic heterocycles. The Kier molecular flexibility index (Phi) is 5.53. The summed E-state index contributed by atoms with van der Waals surface area (Å²) in [5, 5.41) is 0. The highest BCUT2D eigenvalue weighted by molar-refractivity contribution is 5.73. The molecule has 0 unspecified atom stereocenters. The third-order valence-electron chi connectivity index (χ3n) is 4.03. The van der Waals surface area contributed by atoms with Gasteiger partial charge in [0.25, 0.3) is 0 Å². The summed E-state index contributed by atoms with van der Waals surface area (Å²) in [4.78, 5) is 13.2. The Labute approximate surface area is 120 Å². The highest BCUT2D eigenvalue weighted by atomic mass is 19.1. The molecule has 0 aliphatic carbocycles. The van der Waals surface area contributed by atoms with Gasteiger partial charge < -0.3 is 10.6 Å². The van der Waals surface area contributed by atoms with E-state index in [-0.39, 0.29) is 11.7 Å². The van der Waals surface area contributed by atoms with Gasteiger partial charge in [-0.2, -0.15) is 0 Å². The van der Waals surface area contributed by atoms with Crippen molar-refractivity contribution in [2.24, 2.45) is 11.7 Å². The van der Waals surface area contributed by atoms with E-state index in [2.05, 4.69) is 4.90 Å². The Morgan fingerprint density at radius 1 is 1.35 bits per heavy atom. The van der Waals surface area contributed by atoms with Crippen LogP contribution in [0.5, 0.6) is 0 Å². The molecule has 0 bridgehead atoms. The van der Waals surface area contributed by atoms with Crippen LogP contribution in [-0.2, 0) is 11.2 Å². The van der Waals surface area contributed by atoms with E-state index >= 15 is 0 Å². The molecule has 1 aromatic carbocycles. The fraction of sp³-hybridized carbons (Fsp3) is 0.562. The Morgan fingerprint density at radius 3 is 2.80 bits per heavy atom. The van der Waals surface area contributed by atoms with Gasteiger partial charge in [0, 0.05) is 19.5 Å². The normalized spacial score (nSPS) is 19.9. The van der Waals surface area contributed by atoms with Crippen LogP contribution in [0.15, 0.2) is 24.3 Å². The van der Waals surface area contributed by atoms with E-state index in [4.69, 9.17) is 5.73 Å². The SMILES string of the molecule is NC(=O)CCN1CCC[C@@H](CCc2ccc(F)cc2)C1. The maximum Gasteiger partial charge on any atom is 0.218 e. The summed E-state index contributed by atoms with van der Waals surface area (Å²) in [5.41, 5.74) is 6.39. The molecule has 0 spiro atoms. The minimum Gasteiger partial charge on any atom is -0.370 e. The second-order valence-corrected chi connectivity index (χ2v) is 5.69. The number of hydrogen-bond donors (Lipinski definition) is 1. The Hall–Kier alpha value is -1.42. The van der Waals surface area contributed by atoms with Crippen LogP contribution in [0, 0.1) is 11.7 Å². The number of halogens is 1. The molecule has 2 rings (SSSR count). The first kappa shape index (κ1) is 15.0. The largest absolute Gasteiger partial charge is 0.370 e. The van der Waals surface area contributed by atoms with Crippen LogP contribution >= 0.6 is 0 Å². The van der Waals surface area contributed by atoms with Gasteiger partial charge in [0.1, 0.15) is 5.82 Å². The van der Waals surface area contributed by atoms with Crippen molar-refractivity contribution in [1.82, 2.24) is 4.90 Å². The van der Waals surface area contributed by atoms with Crippen LogP contribution in [0.3, 0.4) is 0 Å². The van der Waals surface area contributed by atoms with E-state index in [1.807, 2.05) is 12.1 Å². The fourth-order valence-corrected chi connectivity index (χ4v) is 2.88. The highest BCUT2D eigenvalue weighted by Gasteiger charge is 2.19. The van der Waals surface area contributed by atoms with Crippen molar-refractivity contribution in [3.05, 3.63) is 35.6 Å². The van der Waals surface area contributed by atoms with Crippen molar-refractivity contribution in [3.63, 3.8) is 0 Å². The molecule has 1 aliphatic heterocycles. The second kappa shape index (κ2) is 7.39. The average molecular weight is 278 g/mol. The summed E-state index contributed by atoms with van der Waals surface area (Å²) in [7, 11) is 0. The predicted molar refractivity (Wildman–Crippen MR) is 77.7 cm³/mol. The average Bonchev–Trinajstić information content (AvgIpc) is 2.45. The number of nitrogens with zero attached hydrogens (tertiary/aromatic N) is 1. The van der Waals surface area contributed by atoms with Crippen molar-refractivity contribution < 1.29 is 9.18 Å². The molecular formula is C16H23FN2O. The van der Waals surface area contributed by atoms with E-state index in [0.717, 1.165) is 32.5 Å². The molecular weight excluding hydrogens is 255 g/mol. The van der Waals surface area contributed by atoms with E-state index in [9.17, 15) is 9.18 Å². The lowest BCUT2D eigenvalue weighted by atomic mass is 9.91. The zero-order valence-electron chi connectivity index (χ0n) is 11.9.